The van der Waals surface area contributed by atoms with Crippen molar-refractivity contribution in [1.29, 1.82) is 0 Å². The number of rotatable bonds is 3. The summed E-state index contributed by atoms with van der Waals surface area (Å²) in [6, 6.07) is 9.70. The Morgan fingerprint density at radius 2 is 2.24 bits per heavy atom. The van der Waals surface area contributed by atoms with E-state index in [1.54, 1.807) is 11.8 Å². The Hall–Kier alpha value is -1.39. The number of morpholine rings is 1. The van der Waals surface area contributed by atoms with Crippen LogP contribution in [0.1, 0.15) is 6.92 Å². The molecule has 1 N–H and O–H groups in total. The van der Waals surface area contributed by atoms with Gasteiger partial charge in [-0.25, -0.2) is 0 Å². The van der Waals surface area contributed by atoms with Crippen molar-refractivity contribution in [3.8, 4) is 0 Å². The van der Waals surface area contributed by atoms with Crippen LogP contribution in [0.15, 0.2) is 30.3 Å². The molecule has 1 heterocycles. The second kappa shape index (κ2) is 5.80. The summed E-state index contributed by atoms with van der Waals surface area (Å²) < 4.78 is 5.62. The van der Waals surface area contributed by atoms with Crippen LogP contribution in [0.25, 0.3) is 0 Å². The molecule has 0 aliphatic carbocycles. The van der Waals surface area contributed by atoms with E-state index in [9.17, 15) is 4.79 Å². The molecule has 1 aliphatic rings. The molecule has 4 nitrogen and oxygen atoms in total. The van der Waals surface area contributed by atoms with Crippen LogP contribution in [0.5, 0.6) is 0 Å². The lowest BCUT2D eigenvalue weighted by Crippen LogP contribution is -2.46. The Morgan fingerprint density at radius 1 is 1.47 bits per heavy atom. The van der Waals surface area contributed by atoms with Crippen molar-refractivity contribution >= 4 is 11.6 Å². The number of nitrogens with zero attached hydrogens (tertiary/aromatic N) is 1. The van der Waals surface area contributed by atoms with Crippen LogP contribution in [0.3, 0.4) is 0 Å². The Balaban J connectivity index is 2.05. The van der Waals surface area contributed by atoms with Gasteiger partial charge in [-0.05, 0) is 12.1 Å². The second-order valence-electron chi connectivity index (χ2n) is 4.16. The van der Waals surface area contributed by atoms with E-state index in [-0.39, 0.29) is 12.0 Å². The highest BCUT2D eigenvalue weighted by Crippen LogP contribution is 2.14. The van der Waals surface area contributed by atoms with Gasteiger partial charge in [-0.2, -0.15) is 0 Å². The molecule has 1 aromatic carbocycles. The smallest absolute Gasteiger partial charge is 0.223 e. The zero-order chi connectivity index (χ0) is 12.1. The first kappa shape index (κ1) is 12.1. The van der Waals surface area contributed by atoms with Crippen molar-refractivity contribution in [1.82, 2.24) is 5.32 Å². The third-order valence-electron chi connectivity index (χ3n) is 2.84. The quantitative estimate of drug-likeness (QED) is 0.849. The molecule has 1 amide bonds. The minimum absolute atomic E-state index is 0.0466. The van der Waals surface area contributed by atoms with Crippen LogP contribution < -0.4 is 10.2 Å². The number of hydrogen-bond acceptors (Lipinski definition) is 3. The van der Waals surface area contributed by atoms with Crippen molar-refractivity contribution < 1.29 is 9.53 Å². The molecule has 1 aromatic rings. The van der Waals surface area contributed by atoms with Crippen LogP contribution in [0.2, 0.25) is 0 Å². The van der Waals surface area contributed by atoms with Gasteiger partial charge in [0.25, 0.3) is 0 Å². The van der Waals surface area contributed by atoms with Gasteiger partial charge in [0.05, 0.1) is 19.3 Å². The molecule has 0 spiro atoms. The summed E-state index contributed by atoms with van der Waals surface area (Å²) >= 11 is 0. The lowest BCUT2D eigenvalue weighted by molar-refractivity contribution is -0.117. The van der Waals surface area contributed by atoms with E-state index in [2.05, 4.69) is 5.32 Å². The summed E-state index contributed by atoms with van der Waals surface area (Å²) in [5.41, 5.74) is 0.925. The van der Waals surface area contributed by atoms with Crippen LogP contribution in [-0.4, -0.2) is 38.3 Å². The Bertz CT molecular complexity index is 361. The highest BCUT2D eigenvalue weighted by Gasteiger charge is 2.20. The highest BCUT2D eigenvalue weighted by molar-refractivity contribution is 5.91. The zero-order valence-electron chi connectivity index (χ0n) is 10.1. The van der Waals surface area contributed by atoms with Crippen molar-refractivity contribution in [3.05, 3.63) is 30.3 Å². The number of benzene rings is 1. The summed E-state index contributed by atoms with van der Waals surface area (Å²) in [5, 5.41) is 3.27. The average Bonchev–Trinajstić information content (AvgIpc) is 2.38. The van der Waals surface area contributed by atoms with Crippen molar-refractivity contribution in [2.75, 3.05) is 31.1 Å². The first-order valence-electron chi connectivity index (χ1n) is 5.93. The summed E-state index contributed by atoms with van der Waals surface area (Å²) in [6.45, 7) is 4.60. The first-order valence-corrected chi connectivity index (χ1v) is 5.93. The van der Waals surface area contributed by atoms with Gasteiger partial charge in [0.1, 0.15) is 0 Å². The van der Waals surface area contributed by atoms with E-state index >= 15 is 0 Å². The lowest BCUT2D eigenvalue weighted by atomic mass is 10.2. The van der Waals surface area contributed by atoms with E-state index in [1.165, 1.54) is 0 Å². The number of carbonyl (C=O) groups excluding carboxylic acids is 1. The normalized spacial score (nSPS) is 19.9. The number of amides is 1. The minimum Gasteiger partial charge on any atom is -0.374 e. The Morgan fingerprint density at radius 3 is 2.82 bits per heavy atom. The topological polar surface area (TPSA) is 41.6 Å². The van der Waals surface area contributed by atoms with Crippen LogP contribution in [-0.2, 0) is 9.53 Å². The molecule has 92 valence electrons. The highest BCUT2D eigenvalue weighted by atomic mass is 16.5. The fraction of sp³-hybridized carbons (Fsp3) is 0.462. The maximum atomic E-state index is 11.7. The van der Waals surface area contributed by atoms with Crippen LogP contribution in [0.4, 0.5) is 5.69 Å². The molecule has 17 heavy (non-hydrogen) atoms. The van der Waals surface area contributed by atoms with Gasteiger partial charge in [-0.1, -0.05) is 18.2 Å². The van der Waals surface area contributed by atoms with Gasteiger partial charge >= 0.3 is 0 Å². The number of anilines is 1. The summed E-state index contributed by atoms with van der Waals surface area (Å²) in [6.07, 6.45) is 0.0767. The van der Waals surface area contributed by atoms with Crippen LogP contribution >= 0.6 is 0 Å². The molecule has 1 aliphatic heterocycles. The van der Waals surface area contributed by atoms with Crippen molar-refractivity contribution in [2.45, 2.75) is 13.0 Å². The largest absolute Gasteiger partial charge is 0.374 e. The number of para-hydroxylation sites is 1. The fourth-order valence-corrected chi connectivity index (χ4v) is 1.96. The minimum atomic E-state index is 0.0466. The Kier molecular flexibility index (Phi) is 4.12. The molecule has 1 atom stereocenters. The molecular weight excluding hydrogens is 216 g/mol. The van der Waals surface area contributed by atoms with E-state index in [4.69, 9.17) is 4.74 Å². The standard InChI is InChI=1S/C13H18N2O2/c1-11(16)15(12-5-3-2-4-6-12)10-13-9-14-7-8-17-13/h2-6,13-14H,7-10H2,1H3. The molecule has 0 aromatic heterocycles. The van der Waals surface area contributed by atoms with Gasteiger partial charge in [0, 0.05) is 25.7 Å². The molecule has 0 bridgehead atoms. The zero-order valence-corrected chi connectivity index (χ0v) is 10.1. The van der Waals surface area contributed by atoms with E-state index < -0.39 is 0 Å². The maximum absolute atomic E-state index is 11.7. The number of carbonyl (C=O) groups is 1. The second-order valence-corrected chi connectivity index (χ2v) is 4.16. The molecule has 0 saturated carbocycles. The monoisotopic (exact) mass is 234 g/mol. The first-order chi connectivity index (χ1) is 8.27. The number of ether oxygens (including phenoxy) is 1. The summed E-state index contributed by atoms with van der Waals surface area (Å²) in [7, 11) is 0. The van der Waals surface area contributed by atoms with Gasteiger partial charge in [0.15, 0.2) is 0 Å². The Labute approximate surface area is 102 Å². The molecule has 1 unspecified atom stereocenters. The van der Waals surface area contributed by atoms with Gasteiger partial charge in [-0.3, -0.25) is 4.79 Å². The third-order valence-corrected chi connectivity index (χ3v) is 2.84. The summed E-state index contributed by atoms with van der Waals surface area (Å²) in [4.78, 5) is 13.4. The molecule has 2 rings (SSSR count). The van der Waals surface area contributed by atoms with E-state index in [0.29, 0.717) is 13.2 Å². The molecule has 1 fully saturated rings. The number of hydrogen-bond donors (Lipinski definition) is 1. The lowest BCUT2D eigenvalue weighted by Gasteiger charge is -2.29. The predicted octanol–water partition coefficient (Wildman–Crippen LogP) is 1.03. The van der Waals surface area contributed by atoms with Gasteiger partial charge in [0.2, 0.25) is 5.91 Å². The average molecular weight is 234 g/mol. The SMILES string of the molecule is CC(=O)N(CC1CNCCO1)c1ccccc1. The molecule has 0 radical (unpaired) electrons. The maximum Gasteiger partial charge on any atom is 0.223 e. The molecule has 1 saturated heterocycles. The van der Waals surface area contributed by atoms with Crippen molar-refractivity contribution in [3.63, 3.8) is 0 Å². The fourth-order valence-electron chi connectivity index (χ4n) is 1.96. The van der Waals surface area contributed by atoms with Gasteiger partial charge in [-0.15, -0.1) is 0 Å². The van der Waals surface area contributed by atoms with Gasteiger partial charge < -0.3 is 15.0 Å². The molecular formula is C13H18N2O2. The van der Waals surface area contributed by atoms with Crippen molar-refractivity contribution in [2.24, 2.45) is 0 Å². The molecule has 4 heteroatoms. The summed E-state index contributed by atoms with van der Waals surface area (Å²) in [5.74, 6) is 0.0466. The third kappa shape index (κ3) is 3.28. The van der Waals surface area contributed by atoms with Crippen LogP contribution in [0, 0.1) is 0 Å². The number of nitrogens with one attached hydrogen (secondary N) is 1. The van der Waals surface area contributed by atoms with E-state index in [0.717, 1.165) is 18.8 Å². The van der Waals surface area contributed by atoms with E-state index in [1.807, 2.05) is 30.3 Å². The predicted molar refractivity (Wildman–Crippen MR) is 67.1 cm³/mol.